The molecule has 0 aliphatic heterocycles. The Labute approximate surface area is 144 Å². The summed E-state index contributed by atoms with van der Waals surface area (Å²) in [5, 5.41) is 6.79. The van der Waals surface area contributed by atoms with Crippen LogP contribution in [0.1, 0.15) is 16.1 Å². The Morgan fingerprint density at radius 3 is 2.84 bits per heavy atom. The Morgan fingerprint density at radius 2 is 2.16 bits per heavy atom. The van der Waals surface area contributed by atoms with E-state index in [0.717, 1.165) is 5.56 Å². The first-order valence-electron chi connectivity index (χ1n) is 7.88. The maximum atomic E-state index is 14.2. The first kappa shape index (κ1) is 16.8. The minimum atomic E-state index is -0.341. The maximum absolute atomic E-state index is 14.2. The van der Waals surface area contributed by atoms with Gasteiger partial charge in [-0.2, -0.15) is 5.10 Å². The van der Waals surface area contributed by atoms with Gasteiger partial charge in [-0.1, -0.05) is 12.1 Å². The van der Waals surface area contributed by atoms with E-state index < -0.39 is 0 Å². The number of rotatable bonds is 6. The number of pyridine rings is 1. The average Bonchev–Trinajstić information content (AvgIpc) is 3.14. The van der Waals surface area contributed by atoms with Crippen LogP contribution in [0, 0.1) is 5.82 Å². The van der Waals surface area contributed by atoms with Crippen LogP contribution in [0.25, 0.3) is 11.1 Å². The van der Waals surface area contributed by atoms with Gasteiger partial charge in [0.15, 0.2) is 0 Å². The highest BCUT2D eigenvalue weighted by molar-refractivity contribution is 5.92. The van der Waals surface area contributed by atoms with Crippen molar-refractivity contribution < 1.29 is 9.18 Å². The number of carbonyl (C=O) groups is 1. The summed E-state index contributed by atoms with van der Waals surface area (Å²) in [5.74, 6) is -0.642. The Bertz CT molecular complexity index is 846. The lowest BCUT2D eigenvalue weighted by Crippen LogP contribution is -2.29. The van der Waals surface area contributed by atoms with Crippen LogP contribution in [0.5, 0.6) is 0 Å². The van der Waals surface area contributed by atoms with Gasteiger partial charge in [-0.25, -0.2) is 4.39 Å². The Balaban J connectivity index is 1.82. The lowest BCUT2D eigenvalue weighted by Gasteiger charge is -2.08. The second kappa shape index (κ2) is 7.67. The van der Waals surface area contributed by atoms with Gasteiger partial charge in [-0.05, 0) is 29.8 Å². The second-order valence-corrected chi connectivity index (χ2v) is 5.49. The topological polar surface area (TPSA) is 85.8 Å². The van der Waals surface area contributed by atoms with Crippen LogP contribution >= 0.6 is 0 Å². The normalized spacial score (nSPS) is 10.6. The third-order valence-corrected chi connectivity index (χ3v) is 3.67. The summed E-state index contributed by atoms with van der Waals surface area (Å²) in [6.45, 7) is 1.29. The fraction of sp³-hybridized carbons (Fsp3) is 0.167. The molecule has 0 atom stereocenters. The number of amides is 1. The molecule has 0 aliphatic rings. The molecule has 0 aliphatic carbocycles. The Hall–Kier alpha value is -3.06. The van der Waals surface area contributed by atoms with Crippen molar-refractivity contribution in [3.05, 3.63) is 72.1 Å². The molecule has 0 radical (unpaired) electrons. The molecule has 7 heteroatoms. The number of nitrogens with one attached hydrogen (secondary N) is 1. The summed E-state index contributed by atoms with van der Waals surface area (Å²) >= 11 is 0. The van der Waals surface area contributed by atoms with Crippen molar-refractivity contribution >= 4 is 5.91 Å². The van der Waals surface area contributed by atoms with E-state index in [0.29, 0.717) is 30.8 Å². The number of carbonyl (C=O) groups excluding carboxylic acids is 1. The monoisotopic (exact) mass is 339 g/mol. The van der Waals surface area contributed by atoms with E-state index in [2.05, 4.69) is 15.4 Å². The fourth-order valence-electron chi connectivity index (χ4n) is 2.44. The third kappa shape index (κ3) is 4.07. The number of nitrogens with zero attached hydrogens (tertiary/aromatic N) is 3. The quantitative estimate of drug-likeness (QED) is 0.717. The second-order valence-electron chi connectivity index (χ2n) is 5.49. The molecule has 1 amide bonds. The highest BCUT2D eigenvalue weighted by atomic mass is 19.1. The van der Waals surface area contributed by atoms with Gasteiger partial charge in [0.1, 0.15) is 11.5 Å². The van der Waals surface area contributed by atoms with Crippen LogP contribution in [0.4, 0.5) is 4.39 Å². The molecule has 2 heterocycles. The van der Waals surface area contributed by atoms with Gasteiger partial charge < -0.3 is 11.1 Å². The van der Waals surface area contributed by atoms with E-state index >= 15 is 0 Å². The molecule has 0 saturated carbocycles. The molecule has 2 aromatic heterocycles. The number of hydrogen-bond donors (Lipinski definition) is 2. The molecule has 0 bridgehead atoms. The van der Waals surface area contributed by atoms with Crippen molar-refractivity contribution in [1.29, 1.82) is 0 Å². The van der Waals surface area contributed by atoms with E-state index in [4.69, 9.17) is 5.73 Å². The fourth-order valence-corrected chi connectivity index (χ4v) is 2.44. The summed E-state index contributed by atoms with van der Waals surface area (Å²) in [4.78, 5) is 16.0. The molecule has 3 N–H and O–H groups in total. The molecule has 0 unspecified atom stereocenters. The maximum Gasteiger partial charge on any atom is 0.269 e. The lowest BCUT2D eigenvalue weighted by atomic mass is 10.0. The predicted octanol–water partition coefficient (Wildman–Crippen LogP) is 1.82. The predicted molar refractivity (Wildman–Crippen MR) is 92.3 cm³/mol. The van der Waals surface area contributed by atoms with Gasteiger partial charge in [0.2, 0.25) is 0 Å². The molecule has 0 spiro atoms. The molecule has 6 nitrogen and oxygen atoms in total. The van der Waals surface area contributed by atoms with E-state index in [1.165, 1.54) is 12.3 Å². The van der Waals surface area contributed by atoms with Gasteiger partial charge in [-0.15, -0.1) is 0 Å². The smallest absolute Gasteiger partial charge is 0.269 e. The van der Waals surface area contributed by atoms with Crippen molar-refractivity contribution in [3.63, 3.8) is 0 Å². The van der Waals surface area contributed by atoms with Crippen LogP contribution in [0.15, 0.2) is 55.0 Å². The minimum absolute atomic E-state index is 0.269. The van der Waals surface area contributed by atoms with Crippen LogP contribution in [-0.2, 0) is 6.54 Å². The zero-order valence-corrected chi connectivity index (χ0v) is 13.5. The molecule has 3 aromatic rings. The van der Waals surface area contributed by atoms with Crippen LogP contribution in [0.3, 0.4) is 0 Å². The zero-order valence-electron chi connectivity index (χ0n) is 13.5. The highest BCUT2D eigenvalue weighted by Gasteiger charge is 2.10. The standard InChI is InChI=1S/C18H18FN5O/c19-16-4-2-13(12-24-9-1-7-23-24)10-15(16)14-3-5-17(22-11-14)18(25)21-8-6-20/h1-5,7,9-11H,6,8,12,20H2,(H,21,25). The molecule has 1 aromatic carbocycles. The summed E-state index contributed by atoms with van der Waals surface area (Å²) in [7, 11) is 0. The molecule has 0 fully saturated rings. The van der Waals surface area contributed by atoms with Crippen molar-refractivity contribution in [2.45, 2.75) is 6.54 Å². The summed E-state index contributed by atoms with van der Waals surface area (Å²) < 4.78 is 16.0. The molecular weight excluding hydrogens is 321 g/mol. The number of benzene rings is 1. The lowest BCUT2D eigenvalue weighted by molar-refractivity contribution is 0.0950. The van der Waals surface area contributed by atoms with Gasteiger partial charge in [0.05, 0.1) is 6.54 Å². The average molecular weight is 339 g/mol. The molecule has 25 heavy (non-hydrogen) atoms. The number of nitrogens with two attached hydrogens (primary N) is 1. The SMILES string of the molecule is NCCNC(=O)c1ccc(-c2cc(Cn3cccn3)ccc2F)cn1. The van der Waals surface area contributed by atoms with Crippen LogP contribution in [-0.4, -0.2) is 33.8 Å². The van der Waals surface area contributed by atoms with Gasteiger partial charge >= 0.3 is 0 Å². The van der Waals surface area contributed by atoms with E-state index in [1.807, 2.05) is 12.3 Å². The van der Waals surface area contributed by atoms with Crippen LogP contribution in [0.2, 0.25) is 0 Å². The van der Waals surface area contributed by atoms with Gasteiger partial charge in [0, 0.05) is 42.8 Å². The first-order valence-corrected chi connectivity index (χ1v) is 7.88. The molecular formula is C18H18FN5O. The van der Waals surface area contributed by atoms with Gasteiger partial charge in [-0.3, -0.25) is 14.5 Å². The largest absolute Gasteiger partial charge is 0.349 e. The summed E-state index contributed by atoms with van der Waals surface area (Å²) in [5.41, 5.74) is 7.58. The summed E-state index contributed by atoms with van der Waals surface area (Å²) in [6, 6.07) is 10.0. The van der Waals surface area contributed by atoms with Crippen LogP contribution < -0.4 is 11.1 Å². The van der Waals surface area contributed by atoms with Crippen molar-refractivity contribution in [2.24, 2.45) is 5.73 Å². The van der Waals surface area contributed by atoms with E-state index in [1.54, 1.807) is 35.1 Å². The Kier molecular flexibility index (Phi) is 5.15. The van der Waals surface area contributed by atoms with Crippen molar-refractivity contribution in [2.75, 3.05) is 13.1 Å². The number of hydrogen-bond acceptors (Lipinski definition) is 4. The molecule has 3 rings (SSSR count). The number of aromatic nitrogens is 3. The molecule has 0 saturated heterocycles. The third-order valence-electron chi connectivity index (χ3n) is 3.67. The van der Waals surface area contributed by atoms with Gasteiger partial charge in [0.25, 0.3) is 5.91 Å². The first-order chi connectivity index (χ1) is 12.2. The minimum Gasteiger partial charge on any atom is -0.349 e. The van der Waals surface area contributed by atoms with Crippen molar-refractivity contribution in [3.8, 4) is 11.1 Å². The molecule has 128 valence electrons. The highest BCUT2D eigenvalue weighted by Crippen LogP contribution is 2.24. The van der Waals surface area contributed by atoms with E-state index in [9.17, 15) is 9.18 Å². The number of halogens is 1. The van der Waals surface area contributed by atoms with E-state index in [-0.39, 0.29) is 17.4 Å². The summed E-state index contributed by atoms with van der Waals surface area (Å²) in [6.07, 6.45) is 5.04. The van der Waals surface area contributed by atoms with Crippen molar-refractivity contribution in [1.82, 2.24) is 20.1 Å². The Morgan fingerprint density at radius 1 is 1.28 bits per heavy atom. The zero-order chi connectivity index (χ0) is 17.6.